The second kappa shape index (κ2) is 4.77. The zero-order valence-corrected chi connectivity index (χ0v) is 9.64. The molecule has 3 nitrogen and oxygen atoms in total. The van der Waals surface area contributed by atoms with E-state index in [1.54, 1.807) is 0 Å². The van der Waals surface area contributed by atoms with Crippen LogP contribution in [0.2, 0.25) is 0 Å². The first-order chi connectivity index (χ1) is 7.27. The van der Waals surface area contributed by atoms with Crippen molar-refractivity contribution in [3.05, 3.63) is 22.4 Å². The standard InChI is InChI=1S/C11H16N2OS/c1-8-4-5-12-7-9(8)13-11(14)10-3-2-6-15-10/h2-3,6,8-9,12H,4-5,7H2,1H3,(H,13,14). The molecular formula is C11H16N2OS. The van der Waals surface area contributed by atoms with E-state index in [-0.39, 0.29) is 11.9 Å². The molecule has 2 unspecified atom stereocenters. The van der Waals surface area contributed by atoms with Gasteiger partial charge in [-0.05, 0) is 30.3 Å². The molecule has 1 saturated heterocycles. The minimum Gasteiger partial charge on any atom is -0.347 e. The van der Waals surface area contributed by atoms with Gasteiger partial charge in [-0.2, -0.15) is 0 Å². The SMILES string of the molecule is CC1CCNCC1NC(=O)c1cccs1. The lowest BCUT2D eigenvalue weighted by Gasteiger charge is -2.30. The third kappa shape index (κ3) is 2.58. The van der Waals surface area contributed by atoms with Crippen LogP contribution in [-0.2, 0) is 0 Å². The summed E-state index contributed by atoms with van der Waals surface area (Å²) in [6, 6.07) is 4.04. The molecule has 0 aliphatic carbocycles. The summed E-state index contributed by atoms with van der Waals surface area (Å²) >= 11 is 1.49. The second-order valence-electron chi connectivity index (χ2n) is 4.03. The van der Waals surface area contributed by atoms with Crippen LogP contribution >= 0.6 is 11.3 Å². The van der Waals surface area contributed by atoms with Gasteiger partial charge in [0.2, 0.25) is 0 Å². The van der Waals surface area contributed by atoms with Crippen LogP contribution in [0.25, 0.3) is 0 Å². The summed E-state index contributed by atoms with van der Waals surface area (Å²) in [7, 11) is 0. The van der Waals surface area contributed by atoms with Gasteiger partial charge in [-0.15, -0.1) is 11.3 Å². The van der Waals surface area contributed by atoms with Crippen LogP contribution in [-0.4, -0.2) is 25.0 Å². The molecule has 0 aromatic carbocycles. The van der Waals surface area contributed by atoms with Crippen LogP contribution in [0.1, 0.15) is 23.0 Å². The molecule has 2 N–H and O–H groups in total. The summed E-state index contributed by atoms with van der Waals surface area (Å²) in [5.74, 6) is 0.626. The van der Waals surface area contributed by atoms with Gasteiger partial charge < -0.3 is 10.6 Å². The normalized spacial score (nSPS) is 26.2. The first-order valence-corrected chi connectivity index (χ1v) is 6.20. The zero-order valence-electron chi connectivity index (χ0n) is 8.82. The molecule has 1 aromatic rings. The number of rotatable bonds is 2. The Kier molecular flexibility index (Phi) is 3.38. The van der Waals surface area contributed by atoms with Crippen molar-refractivity contribution < 1.29 is 4.79 Å². The molecule has 0 spiro atoms. The van der Waals surface area contributed by atoms with E-state index < -0.39 is 0 Å². The van der Waals surface area contributed by atoms with Crippen molar-refractivity contribution in [2.45, 2.75) is 19.4 Å². The maximum atomic E-state index is 11.8. The van der Waals surface area contributed by atoms with E-state index in [1.165, 1.54) is 11.3 Å². The van der Waals surface area contributed by atoms with Crippen molar-refractivity contribution in [3.8, 4) is 0 Å². The lowest BCUT2D eigenvalue weighted by molar-refractivity contribution is 0.0919. The zero-order chi connectivity index (χ0) is 10.7. The van der Waals surface area contributed by atoms with Gasteiger partial charge in [0.25, 0.3) is 5.91 Å². The highest BCUT2D eigenvalue weighted by Crippen LogP contribution is 2.13. The first-order valence-electron chi connectivity index (χ1n) is 5.32. The number of carbonyl (C=O) groups excluding carboxylic acids is 1. The average Bonchev–Trinajstić information content (AvgIpc) is 2.74. The Morgan fingerprint density at radius 3 is 3.20 bits per heavy atom. The van der Waals surface area contributed by atoms with Gasteiger partial charge in [0.15, 0.2) is 0 Å². The van der Waals surface area contributed by atoms with Crippen molar-refractivity contribution in [1.82, 2.24) is 10.6 Å². The quantitative estimate of drug-likeness (QED) is 0.799. The highest BCUT2D eigenvalue weighted by Gasteiger charge is 2.23. The summed E-state index contributed by atoms with van der Waals surface area (Å²) in [4.78, 5) is 12.6. The van der Waals surface area contributed by atoms with Crippen LogP contribution in [0.3, 0.4) is 0 Å². The van der Waals surface area contributed by atoms with Crippen molar-refractivity contribution in [2.24, 2.45) is 5.92 Å². The third-order valence-electron chi connectivity index (χ3n) is 2.89. The second-order valence-corrected chi connectivity index (χ2v) is 4.98. The van der Waals surface area contributed by atoms with Crippen molar-refractivity contribution in [2.75, 3.05) is 13.1 Å². The largest absolute Gasteiger partial charge is 0.347 e. The van der Waals surface area contributed by atoms with Crippen molar-refractivity contribution in [3.63, 3.8) is 0 Å². The fourth-order valence-corrected chi connectivity index (χ4v) is 2.46. The molecule has 1 aliphatic heterocycles. The van der Waals surface area contributed by atoms with E-state index in [2.05, 4.69) is 17.6 Å². The highest BCUT2D eigenvalue weighted by molar-refractivity contribution is 7.12. The number of amides is 1. The van der Waals surface area contributed by atoms with Gasteiger partial charge in [0.1, 0.15) is 0 Å². The molecule has 0 radical (unpaired) electrons. The monoisotopic (exact) mass is 224 g/mol. The third-order valence-corrected chi connectivity index (χ3v) is 3.76. The fourth-order valence-electron chi connectivity index (χ4n) is 1.83. The van der Waals surface area contributed by atoms with Gasteiger partial charge in [0.05, 0.1) is 4.88 Å². The van der Waals surface area contributed by atoms with Gasteiger partial charge >= 0.3 is 0 Å². The maximum Gasteiger partial charge on any atom is 0.261 e. The molecule has 1 aromatic heterocycles. The summed E-state index contributed by atoms with van der Waals surface area (Å²) < 4.78 is 0. The van der Waals surface area contributed by atoms with E-state index in [4.69, 9.17) is 0 Å². The lowest BCUT2D eigenvalue weighted by atomic mass is 9.95. The Labute approximate surface area is 93.9 Å². The van der Waals surface area contributed by atoms with Crippen LogP contribution in [0, 0.1) is 5.92 Å². The Hall–Kier alpha value is -0.870. The van der Waals surface area contributed by atoms with Gasteiger partial charge in [-0.25, -0.2) is 0 Å². The molecular weight excluding hydrogens is 208 g/mol. The molecule has 2 atom stereocenters. The topological polar surface area (TPSA) is 41.1 Å². The number of piperidine rings is 1. The molecule has 0 saturated carbocycles. The molecule has 4 heteroatoms. The predicted molar refractivity (Wildman–Crippen MR) is 62.2 cm³/mol. The van der Waals surface area contributed by atoms with Crippen molar-refractivity contribution in [1.29, 1.82) is 0 Å². The van der Waals surface area contributed by atoms with Gasteiger partial charge in [-0.1, -0.05) is 13.0 Å². The minimum absolute atomic E-state index is 0.0607. The summed E-state index contributed by atoms with van der Waals surface area (Å²) in [6.07, 6.45) is 1.13. The lowest BCUT2D eigenvalue weighted by Crippen LogP contribution is -2.50. The molecule has 15 heavy (non-hydrogen) atoms. The van der Waals surface area contributed by atoms with Crippen molar-refractivity contribution >= 4 is 17.2 Å². The smallest absolute Gasteiger partial charge is 0.261 e. The van der Waals surface area contributed by atoms with Crippen LogP contribution in [0.15, 0.2) is 17.5 Å². The van der Waals surface area contributed by atoms with Gasteiger partial charge in [-0.3, -0.25) is 4.79 Å². The fraction of sp³-hybridized carbons (Fsp3) is 0.545. The summed E-state index contributed by atoms with van der Waals surface area (Å²) in [5.41, 5.74) is 0. The maximum absolute atomic E-state index is 11.8. The van der Waals surface area contributed by atoms with E-state index in [1.807, 2.05) is 17.5 Å². The molecule has 0 bridgehead atoms. The molecule has 2 rings (SSSR count). The summed E-state index contributed by atoms with van der Waals surface area (Å²) in [5, 5.41) is 8.31. The van der Waals surface area contributed by atoms with Crippen LogP contribution < -0.4 is 10.6 Å². The molecule has 82 valence electrons. The number of hydrogen-bond donors (Lipinski definition) is 2. The first kappa shape index (κ1) is 10.6. The van der Waals surface area contributed by atoms with Crippen LogP contribution in [0.4, 0.5) is 0 Å². The van der Waals surface area contributed by atoms with Gasteiger partial charge in [0, 0.05) is 12.6 Å². The predicted octanol–water partition coefficient (Wildman–Crippen LogP) is 1.48. The van der Waals surface area contributed by atoms with Crippen LogP contribution in [0.5, 0.6) is 0 Å². The number of carbonyl (C=O) groups is 1. The number of hydrogen-bond acceptors (Lipinski definition) is 3. The van der Waals surface area contributed by atoms with E-state index >= 15 is 0 Å². The van der Waals surface area contributed by atoms with E-state index in [0.717, 1.165) is 24.4 Å². The molecule has 1 fully saturated rings. The number of nitrogens with one attached hydrogen (secondary N) is 2. The Balaban J connectivity index is 1.93. The molecule has 1 amide bonds. The number of thiophene rings is 1. The molecule has 1 aliphatic rings. The molecule has 2 heterocycles. The minimum atomic E-state index is 0.0607. The average molecular weight is 224 g/mol. The Morgan fingerprint density at radius 1 is 1.67 bits per heavy atom. The van der Waals surface area contributed by atoms with E-state index in [9.17, 15) is 4.79 Å². The Bertz CT molecular complexity index is 323. The van der Waals surface area contributed by atoms with E-state index in [0.29, 0.717) is 5.92 Å². The summed E-state index contributed by atoms with van der Waals surface area (Å²) in [6.45, 7) is 4.14. The Morgan fingerprint density at radius 2 is 2.53 bits per heavy atom. The highest BCUT2D eigenvalue weighted by atomic mass is 32.1.